The zero-order valence-corrected chi connectivity index (χ0v) is 8.37. The van der Waals surface area contributed by atoms with Gasteiger partial charge in [0.1, 0.15) is 5.82 Å². The van der Waals surface area contributed by atoms with Crippen molar-refractivity contribution in [2.45, 2.75) is 20.8 Å². The van der Waals surface area contributed by atoms with Crippen LogP contribution in [-0.4, -0.2) is 23.0 Å². The molecule has 0 unspecified atom stereocenters. The Hall–Kier alpha value is -1.45. The molecule has 4 heteroatoms. The Morgan fingerprint density at radius 2 is 2.08 bits per heavy atom. The lowest BCUT2D eigenvalue weighted by Gasteiger charge is -1.96. The zero-order chi connectivity index (χ0) is 10.3. The minimum atomic E-state index is -0.435. The van der Waals surface area contributed by atoms with Gasteiger partial charge < -0.3 is 4.74 Å². The maximum atomic E-state index is 10.9. The Morgan fingerprint density at radius 3 is 2.54 bits per heavy atom. The van der Waals surface area contributed by atoms with Crippen LogP contribution in [0.25, 0.3) is 0 Å². The molecule has 0 aliphatic rings. The van der Waals surface area contributed by atoms with Crippen LogP contribution < -0.4 is 0 Å². The summed E-state index contributed by atoms with van der Waals surface area (Å²) in [7, 11) is 1.32. The quantitative estimate of drug-likeness (QED) is 0.619. The van der Waals surface area contributed by atoms with Crippen LogP contribution in [0.4, 0.5) is 0 Å². The molecule has 0 spiro atoms. The highest BCUT2D eigenvalue weighted by atomic mass is 16.5. The van der Waals surface area contributed by atoms with Gasteiger partial charge >= 0.3 is 5.97 Å². The topological polar surface area (TPSA) is 52.1 Å². The predicted molar refractivity (Wildman–Crippen MR) is 49.5 cm³/mol. The molecule has 0 aliphatic carbocycles. The van der Waals surface area contributed by atoms with Gasteiger partial charge in [0.2, 0.25) is 0 Å². The molecule has 0 saturated carbocycles. The molecule has 0 aromatic carbocycles. The van der Waals surface area contributed by atoms with Crippen molar-refractivity contribution in [3.05, 3.63) is 23.8 Å². The number of rotatable bonds is 1. The number of ether oxygens (including phenoxy) is 1. The van der Waals surface area contributed by atoms with Crippen LogP contribution in [0.3, 0.4) is 0 Å². The molecule has 1 heterocycles. The van der Waals surface area contributed by atoms with Gasteiger partial charge in [0.25, 0.3) is 0 Å². The summed E-state index contributed by atoms with van der Waals surface area (Å²) in [5, 5.41) is 0. The Bertz CT molecular complexity index is 274. The number of hydrogen-bond acceptors (Lipinski definition) is 4. The molecule has 0 saturated heterocycles. The standard InChI is InChI=1S/C7H8N2O2.C2H6/c1-5-8-4-3-6(9-5)7(10)11-2;1-2/h3-4H,1-2H3;1-2H3. The zero-order valence-electron chi connectivity index (χ0n) is 8.37. The van der Waals surface area contributed by atoms with Gasteiger partial charge in [-0.15, -0.1) is 0 Å². The van der Waals surface area contributed by atoms with Gasteiger partial charge in [-0.05, 0) is 13.0 Å². The van der Waals surface area contributed by atoms with Crippen LogP contribution in [0.2, 0.25) is 0 Å². The average Bonchev–Trinajstić information content (AvgIpc) is 2.20. The van der Waals surface area contributed by atoms with Crippen molar-refractivity contribution in [2.24, 2.45) is 0 Å². The van der Waals surface area contributed by atoms with Crippen LogP contribution in [0.15, 0.2) is 12.3 Å². The lowest BCUT2D eigenvalue weighted by Crippen LogP contribution is -2.05. The second-order valence-electron chi connectivity index (χ2n) is 1.98. The molecular formula is C9H14N2O2. The molecule has 0 radical (unpaired) electrons. The molecular weight excluding hydrogens is 168 g/mol. The van der Waals surface area contributed by atoms with Gasteiger partial charge in [0.05, 0.1) is 7.11 Å². The number of nitrogens with zero attached hydrogens (tertiary/aromatic N) is 2. The fraction of sp³-hybridized carbons (Fsp3) is 0.444. The fourth-order valence-corrected chi connectivity index (χ4v) is 0.674. The van der Waals surface area contributed by atoms with Gasteiger partial charge in [-0.3, -0.25) is 0 Å². The van der Waals surface area contributed by atoms with E-state index in [9.17, 15) is 4.79 Å². The summed E-state index contributed by atoms with van der Waals surface area (Å²) in [4.78, 5) is 18.5. The first kappa shape index (κ1) is 11.6. The number of aryl methyl sites for hydroxylation is 1. The molecule has 0 fully saturated rings. The lowest BCUT2D eigenvalue weighted by molar-refractivity contribution is 0.0593. The van der Waals surface area contributed by atoms with Crippen molar-refractivity contribution in [3.8, 4) is 0 Å². The van der Waals surface area contributed by atoms with Crippen molar-refractivity contribution in [1.29, 1.82) is 0 Å². The predicted octanol–water partition coefficient (Wildman–Crippen LogP) is 1.60. The van der Waals surface area contributed by atoms with E-state index in [1.165, 1.54) is 19.4 Å². The number of hydrogen-bond donors (Lipinski definition) is 0. The van der Waals surface area contributed by atoms with Crippen molar-refractivity contribution >= 4 is 5.97 Å². The van der Waals surface area contributed by atoms with Crippen LogP contribution >= 0.6 is 0 Å². The third kappa shape index (κ3) is 3.64. The highest BCUT2D eigenvalue weighted by molar-refractivity contribution is 5.86. The van der Waals surface area contributed by atoms with Gasteiger partial charge in [0, 0.05) is 6.20 Å². The van der Waals surface area contributed by atoms with Crippen LogP contribution in [0.5, 0.6) is 0 Å². The van der Waals surface area contributed by atoms with E-state index in [0.717, 1.165) is 0 Å². The average molecular weight is 182 g/mol. The van der Waals surface area contributed by atoms with E-state index in [-0.39, 0.29) is 0 Å². The first-order chi connectivity index (χ1) is 6.24. The molecule has 72 valence electrons. The summed E-state index contributed by atoms with van der Waals surface area (Å²) in [5.41, 5.74) is 0.292. The van der Waals surface area contributed by atoms with E-state index in [4.69, 9.17) is 0 Å². The number of aromatic nitrogens is 2. The van der Waals surface area contributed by atoms with E-state index < -0.39 is 5.97 Å². The summed E-state index contributed by atoms with van der Waals surface area (Å²) >= 11 is 0. The van der Waals surface area contributed by atoms with Gasteiger partial charge in [-0.25, -0.2) is 14.8 Å². The highest BCUT2D eigenvalue weighted by Crippen LogP contribution is 1.95. The summed E-state index contributed by atoms with van der Waals surface area (Å²) in [6, 6.07) is 1.51. The van der Waals surface area contributed by atoms with Crippen LogP contribution in [0, 0.1) is 6.92 Å². The van der Waals surface area contributed by atoms with Crippen LogP contribution in [-0.2, 0) is 4.74 Å². The van der Waals surface area contributed by atoms with E-state index in [2.05, 4.69) is 14.7 Å². The molecule has 13 heavy (non-hydrogen) atoms. The third-order valence-electron chi connectivity index (χ3n) is 1.17. The Balaban J connectivity index is 0.000000671. The molecule has 4 nitrogen and oxygen atoms in total. The lowest BCUT2D eigenvalue weighted by atomic mass is 10.4. The summed E-state index contributed by atoms with van der Waals surface area (Å²) in [5.74, 6) is 0.128. The smallest absolute Gasteiger partial charge is 0.356 e. The second-order valence-corrected chi connectivity index (χ2v) is 1.98. The SMILES string of the molecule is CC.COC(=O)c1ccnc(C)n1. The van der Waals surface area contributed by atoms with E-state index in [1.807, 2.05) is 13.8 Å². The van der Waals surface area contributed by atoms with Gasteiger partial charge in [0.15, 0.2) is 5.69 Å². The van der Waals surface area contributed by atoms with E-state index in [0.29, 0.717) is 11.5 Å². The van der Waals surface area contributed by atoms with Crippen molar-refractivity contribution in [2.75, 3.05) is 7.11 Å². The number of esters is 1. The van der Waals surface area contributed by atoms with Gasteiger partial charge in [-0.2, -0.15) is 0 Å². The summed E-state index contributed by atoms with van der Waals surface area (Å²) < 4.78 is 4.46. The third-order valence-corrected chi connectivity index (χ3v) is 1.17. The maximum Gasteiger partial charge on any atom is 0.356 e. The summed E-state index contributed by atoms with van der Waals surface area (Å²) in [6.45, 7) is 5.71. The molecule has 0 aliphatic heterocycles. The van der Waals surface area contributed by atoms with E-state index >= 15 is 0 Å². The normalized spacial score (nSPS) is 8.31. The minimum Gasteiger partial charge on any atom is -0.464 e. The molecule has 1 aromatic rings. The molecule has 0 atom stereocenters. The second kappa shape index (κ2) is 6.11. The first-order valence-corrected chi connectivity index (χ1v) is 4.12. The Labute approximate surface area is 78.0 Å². The first-order valence-electron chi connectivity index (χ1n) is 4.12. The van der Waals surface area contributed by atoms with Crippen molar-refractivity contribution in [3.63, 3.8) is 0 Å². The molecule has 0 bridgehead atoms. The Morgan fingerprint density at radius 1 is 1.46 bits per heavy atom. The fourth-order valence-electron chi connectivity index (χ4n) is 0.674. The van der Waals surface area contributed by atoms with Gasteiger partial charge in [-0.1, -0.05) is 13.8 Å². The molecule has 1 rings (SSSR count). The molecule has 1 aromatic heterocycles. The number of carbonyl (C=O) groups excluding carboxylic acids is 1. The molecule has 0 amide bonds. The molecule has 0 N–H and O–H groups in total. The summed E-state index contributed by atoms with van der Waals surface area (Å²) in [6.07, 6.45) is 1.52. The van der Waals surface area contributed by atoms with Crippen molar-refractivity contribution in [1.82, 2.24) is 9.97 Å². The monoisotopic (exact) mass is 182 g/mol. The Kier molecular flexibility index (Phi) is 5.43. The van der Waals surface area contributed by atoms with Crippen molar-refractivity contribution < 1.29 is 9.53 Å². The number of carbonyl (C=O) groups is 1. The van der Waals surface area contributed by atoms with E-state index in [1.54, 1.807) is 6.92 Å². The maximum absolute atomic E-state index is 10.9. The number of methoxy groups -OCH3 is 1. The minimum absolute atomic E-state index is 0.292. The van der Waals surface area contributed by atoms with Crippen LogP contribution in [0.1, 0.15) is 30.2 Å². The highest BCUT2D eigenvalue weighted by Gasteiger charge is 2.05. The largest absolute Gasteiger partial charge is 0.464 e.